The van der Waals surface area contributed by atoms with Crippen LogP contribution in [0.15, 0.2) is 35.1 Å². The van der Waals surface area contributed by atoms with Crippen LogP contribution in [0.1, 0.15) is 5.56 Å². The summed E-state index contributed by atoms with van der Waals surface area (Å²) in [6, 6.07) is 9.02. The second kappa shape index (κ2) is 6.21. The van der Waals surface area contributed by atoms with Crippen molar-refractivity contribution < 1.29 is 19.4 Å². The first-order valence-electron chi connectivity index (χ1n) is 7.28. The lowest BCUT2D eigenvalue weighted by atomic mass is 10.1. The third kappa shape index (κ3) is 3.24. The number of aromatic amines is 1. The molecule has 1 amide bonds. The van der Waals surface area contributed by atoms with Gasteiger partial charge in [-0.25, -0.2) is 4.79 Å². The molecule has 1 unspecified atom stereocenters. The second-order valence-electron chi connectivity index (χ2n) is 5.43. The number of amides is 1. The number of carbonyl (C=O) groups is 2. The highest BCUT2D eigenvalue weighted by Crippen LogP contribution is 2.12. The Morgan fingerprint density at radius 1 is 1.35 bits per heavy atom. The maximum Gasteiger partial charge on any atom is 0.334 e. The molecule has 1 aromatic carbocycles. The van der Waals surface area contributed by atoms with Crippen LogP contribution in [0, 0.1) is 0 Å². The Morgan fingerprint density at radius 3 is 2.91 bits per heavy atom. The Hall–Kier alpha value is -2.67. The summed E-state index contributed by atoms with van der Waals surface area (Å²) in [6.45, 7) is 0.505. The van der Waals surface area contributed by atoms with Crippen molar-refractivity contribution >= 4 is 22.8 Å². The fourth-order valence-corrected chi connectivity index (χ4v) is 2.62. The number of hydrogen-bond acceptors (Lipinski definition) is 4. The molecule has 1 aromatic heterocycles. The number of carboxylic acid groups (broad SMARTS) is 1. The van der Waals surface area contributed by atoms with Gasteiger partial charge >= 0.3 is 5.97 Å². The van der Waals surface area contributed by atoms with Gasteiger partial charge in [-0.1, -0.05) is 18.2 Å². The van der Waals surface area contributed by atoms with Gasteiger partial charge in [0.15, 0.2) is 6.10 Å². The summed E-state index contributed by atoms with van der Waals surface area (Å²) < 4.78 is 5.09. The SMILES string of the molecule is O=C(O)C1CN(C(=O)Cc2cc3ccccc3[nH]c2=O)CCO1. The van der Waals surface area contributed by atoms with Crippen LogP contribution in [0.2, 0.25) is 0 Å². The zero-order chi connectivity index (χ0) is 16.4. The topological polar surface area (TPSA) is 99.7 Å². The third-order valence-corrected chi connectivity index (χ3v) is 3.87. The van der Waals surface area contributed by atoms with Gasteiger partial charge in [0.1, 0.15) is 0 Å². The summed E-state index contributed by atoms with van der Waals surface area (Å²) in [5, 5.41) is 9.82. The fourth-order valence-electron chi connectivity index (χ4n) is 2.62. The molecule has 120 valence electrons. The van der Waals surface area contributed by atoms with Gasteiger partial charge in [0.05, 0.1) is 19.6 Å². The van der Waals surface area contributed by atoms with Crippen molar-refractivity contribution in [1.82, 2.24) is 9.88 Å². The molecule has 1 saturated heterocycles. The summed E-state index contributed by atoms with van der Waals surface area (Å²) in [5.41, 5.74) is 0.776. The fraction of sp³-hybridized carbons (Fsp3) is 0.312. The van der Waals surface area contributed by atoms with E-state index in [2.05, 4.69) is 4.98 Å². The van der Waals surface area contributed by atoms with Crippen LogP contribution < -0.4 is 5.56 Å². The van der Waals surface area contributed by atoms with Gasteiger partial charge in [0.2, 0.25) is 5.91 Å². The monoisotopic (exact) mass is 316 g/mol. The number of aliphatic carboxylic acids is 1. The molecular weight excluding hydrogens is 300 g/mol. The van der Waals surface area contributed by atoms with Gasteiger partial charge in [0, 0.05) is 17.6 Å². The van der Waals surface area contributed by atoms with Crippen molar-refractivity contribution in [2.75, 3.05) is 19.7 Å². The lowest BCUT2D eigenvalue weighted by Gasteiger charge is -2.30. The molecule has 1 aliphatic heterocycles. The van der Waals surface area contributed by atoms with Crippen molar-refractivity contribution in [3.63, 3.8) is 0 Å². The molecule has 7 heteroatoms. The van der Waals surface area contributed by atoms with E-state index in [0.29, 0.717) is 17.6 Å². The number of nitrogens with zero attached hydrogens (tertiary/aromatic N) is 1. The minimum Gasteiger partial charge on any atom is -0.479 e. The standard InChI is InChI=1S/C16H16N2O5/c19-14(18-5-6-23-13(9-18)16(21)22)8-11-7-10-3-1-2-4-12(10)17-15(11)20/h1-4,7,13H,5-6,8-9H2,(H,17,20)(H,21,22). The van der Waals surface area contributed by atoms with Crippen LogP contribution in [0.4, 0.5) is 0 Å². The van der Waals surface area contributed by atoms with E-state index >= 15 is 0 Å². The molecule has 1 atom stereocenters. The van der Waals surface area contributed by atoms with Gasteiger partial charge < -0.3 is 19.7 Å². The van der Waals surface area contributed by atoms with E-state index in [1.165, 1.54) is 4.90 Å². The minimum atomic E-state index is -1.09. The first kappa shape index (κ1) is 15.2. The van der Waals surface area contributed by atoms with Gasteiger partial charge in [0.25, 0.3) is 5.56 Å². The smallest absolute Gasteiger partial charge is 0.334 e. The number of carbonyl (C=O) groups excluding carboxylic acids is 1. The molecule has 2 aromatic rings. The van der Waals surface area contributed by atoms with E-state index in [4.69, 9.17) is 9.84 Å². The molecule has 0 spiro atoms. The molecule has 2 heterocycles. The van der Waals surface area contributed by atoms with E-state index < -0.39 is 12.1 Å². The number of fused-ring (bicyclic) bond motifs is 1. The van der Waals surface area contributed by atoms with Crippen LogP contribution in [0.25, 0.3) is 10.9 Å². The summed E-state index contributed by atoms with van der Waals surface area (Å²) in [5.74, 6) is -1.37. The number of H-pyrrole nitrogens is 1. The largest absolute Gasteiger partial charge is 0.479 e. The van der Waals surface area contributed by atoms with Gasteiger partial charge in [-0.05, 0) is 17.5 Å². The Morgan fingerprint density at radius 2 is 2.13 bits per heavy atom. The highest BCUT2D eigenvalue weighted by Gasteiger charge is 2.29. The number of ether oxygens (including phenoxy) is 1. The van der Waals surface area contributed by atoms with Crippen molar-refractivity contribution in [1.29, 1.82) is 0 Å². The molecule has 0 radical (unpaired) electrons. The highest BCUT2D eigenvalue weighted by molar-refractivity contribution is 5.83. The Labute approximate surface area is 131 Å². The molecule has 1 aliphatic rings. The molecule has 3 rings (SSSR count). The molecule has 0 aliphatic carbocycles. The molecular formula is C16H16N2O5. The van der Waals surface area contributed by atoms with Crippen molar-refractivity contribution in [3.05, 3.63) is 46.2 Å². The van der Waals surface area contributed by atoms with Crippen molar-refractivity contribution in [3.8, 4) is 0 Å². The van der Waals surface area contributed by atoms with Crippen LogP contribution >= 0.6 is 0 Å². The molecule has 23 heavy (non-hydrogen) atoms. The quantitative estimate of drug-likeness (QED) is 0.853. The van der Waals surface area contributed by atoms with Crippen LogP contribution in [-0.4, -0.2) is 52.7 Å². The molecule has 2 N–H and O–H groups in total. The highest BCUT2D eigenvalue weighted by atomic mass is 16.5. The molecule has 0 bridgehead atoms. The van der Waals surface area contributed by atoms with Gasteiger partial charge in [-0.3, -0.25) is 9.59 Å². The number of aromatic nitrogens is 1. The number of rotatable bonds is 3. The van der Waals surface area contributed by atoms with Crippen LogP contribution in [-0.2, 0) is 20.7 Å². The molecule has 1 fully saturated rings. The first-order valence-corrected chi connectivity index (χ1v) is 7.28. The van der Waals surface area contributed by atoms with Gasteiger partial charge in [-0.2, -0.15) is 0 Å². The van der Waals surface area contributed by atoms with Crippen LogP contribution in [0.5, 0.6) is 0 Å². The zero-order valence-electron chi connectivity index (χ0n) is 12.3. The van der Waals surface area contributed by atoms with E-state index in [0.717, 1.165) is 5.39 Å². The van der Waals surface area contributed by atoms with E-state index in [9.17, 15) is 14.4 Å². The number of carboxylic acids is 1. The van der Waals surface area contributed by atoms with Crippen molar-refractivity contribution in [2.45, 2.75) is 12.5 Å². The van der Waals surface area contributed by atoms with Gasteiger partial charge in [-0.15, -0.1) is 0 Å². The van der Waals surface area contributed by atoms with E-state index in [1.54, 1.807) is 12.1 Å². The predicted octanol–water partition coefficient (Wildman–Crippen LogP) is 0.383. The average Bonchev–Trinajstić information content (AvgIpc) is 2.55. The van der Waals surface area contributed by atoms with Crippen molar-refractivity contribution in [2.24, 2.45) is 0 Å². The first-order chi connectivity index (χ1) is 11.0. The second-order valence-corrected chi connectivity index (χ2v) is 5.43. The Balaban J connectivity index is 1.78. The lowest BCUT2D eigenvalue weighted by Crippen LogP contribution is -2.49. The molecule has 0 saturated carbocycles. The average molecular weight is 316 g/mol. The Bertz CT molecular complexity index is 813. The summed E-state index contributed by atoms with van der Waals surface area (Å²) >= 11 is 0. The predicted molar refractivity (Wildman–Crippen MR) is 82.2 cm³/mol. The van der Waals surface area contributed by atoms with E-state index in [1.807, 2.05) is 18.2 Å². The summed E-state index contributed by atoms with van der Waals surface area (Å²) in [4.78, 5) is 39.6. The van der Waals surface area contributed by atoms with Crippen LogP contribution in [0.3, 0.4) is 0 Å². The number of benzene rings is 1. The number of pyridine rings is 1. The molecule has 7 nitrogen and oxygen atoms in total. The number of nitrogens with one attached hydrogen (secondary N) is 1. The number of para-hydroxylation sites is 1. The maximum atomic E-state index is 12.3. The zero-order valence-corrected chi connectivity index (χ0v) is 12.3. The third-order valence-electron chi connectivity index (χ3n) is 3.87. The lowest BCUT2D eigenvalue weighted by molar-refractivity contribution is -0.159. The normalized spacial score (nSPS) is 18.1. The summed E-state index contributed by atoms with van der Waals surface area (Å²) in [6.07, 6.45) is -1.07. The number of morpholine rings is 1. The maximum absolute atomic E-state index is 12.3. The van der Waals surface area contributed by atoms with E-state index in [-0.39, 0.29) is 31.0 Å². The Kier molecular flexibility index (Phi) is 4.12. The number of hydrogen-bond donors (Lipinski definition) is 2. The summed E-state index contributed by atoms with van der Waals surface area (Å²) in [7, 11) is 0. The minimum absolute atomic E-state index is 0.000345.